The van der Waals surface area contributed by atoms with Crippen molar-refractivity contribution in [3.63, 3.8) is 0 Å². The van der Waals surface area contributed by atoms with E-state index in [0.29, 0.717) is 32.7 Å². The average Bonchev–Trinajstić information content (AvgIpc) is 3.03. The van der Waals surface area contributed by atoms with E-state index >= 15 is 0 Å². The summed E-state index contributed by atoms with van der Waals surface area (Å²) in [5, 5.41) is 5.90. The Balaban J connectivity index is 1.60. The highest BCUT2D eigenvalue weighted by atomic mass is 16.5. The molecule has 2 unspecified atom stereocenters. The van der Waals surface area contributed by atoms with Gasteiger partial charge in [-0.25, -0.2) is 4.79 Å². The summed E-state index contributed by atoms with van der Waals surface area (Å²) in [7, 11) is 0. The zero-order chi connectivity index (χ0) is 16.2. The van der Waals surface area contributed by atoms with E-state index in [9.17, 15) is 9.59 Å². The minimum atomic E-state index is -0.168. The summed E-state index contributed by atoms with van der Waals surface area (Å²) in [5.74, 6) is 0.663. The summed E-state index contributed by atoms with van der Waals surface area (Å²) < 4.78 is 5.61. The quantitative estimate of drug-likeness (QED) is 0.887. The maximum absolute atomic E-state index is 12.6. The standard InChI is InChI=1S/C17H23N3O3/c1-2-18-17(22)20-9-7-12(11-20)19-16(21)14-8-10-23-15-6-4-3-5-13(14)15/h3-6,12,14H,2,7-11H2,1H3,(H,18,22)(H,19,21). The van der Waals surface area contributed by atoms with Crippen molar-refractivity contribution < 1.29 is 14.3 Å². The Hall–Kier alpha value is -2.24. The first-order valence-corrected chi connectivity index (χ1v) is 8.24. The lowest BCUT2D eigenvalue weighted by molar-refractivity contribution is -0.123. The van der Waals surface area contributed by atoms with Gasteiger partial charge >= 0.3 is 6.03 Å². The lowest BCUT2D eigenvalue weighted by atomic mass is 9.92. The second-order valence-electron chi connectivity index (χ2n) is 6.00. The SMILES string of the molecule is CCNC(=O)N1CCC(NC(=O)C2CCOc3ccccc32)C1. The maximum atomic E-state index is 12.6. The Bertz CT molecular complexity index is 590. The molecule has 0 aromatic heterocycles. The molecule has 3 rings (SSSR count). The topological polar surface area (TPSA) is 70.7 Å². The van der Waals surface area contributed by atoms with Crippen molar-refractivity contribution in [2.75, 3.05) is 26.2 Å². The molecule has 1 aromatic carbocycles. The van der Waals surface area contributed by atoms with E-state index < -0.39 is 0 Å². The molecule has 2 heterocycles. The number of carbonyl (C=O) groups excluding carboxylic acids is 2. The monoisotopic (exact) mass is 317 g/mol. The molecule has 1 fully saturated rings. The molecule has 6 nitrogen and oxygen atoms in total. The fourth-order valence-corrected chi connectivity index (χ4v) is 3.24. The van der Waals surface area contributed by atoms with Crippen LogP contribution < -0.4 is 15.4 Å². The molecule has 2 aliphatic rings. The summed E-state index contributed by atoms with van der Waals surface area (Å²) in [6.07, 6.45) is 1.49. The maximum Gasteiger partial charge on any atom is 0.317 e. The number of rotatable bonds is 3. The molecule has 6 heteroatoms. The molecule has 2 aliphatic heterocycles. The third-order valence-electron chi connectivity index (χ3n) is 4.42. The highest BCUT2D eigenvalue weighted by Crippen LogP contribution is 2.33. The van der Waals surface area contributed by atoms with E-state index in [1.807, 2.05) is 31.2 Å². The van der Waals surface area contributed by atoms with Crippen molar-refractivity contribution in [1.82, 2.24) is 15.5 Å². The van der Waals surface area contributed by atoms with Crippen LogP contribution >= 0.6 is 0 Å². The zero-order valence-corrected chi connectivity index (χ0v) is 13.4. The number of carbonyl (C=O) groups is 2. The first kappa shape index (κ1) is 15.6. The number of hydrogen-bond acceptors (Lipinski definition) is 3. The van der Waals surface area contributed by atoms with E-state index in [2.05, 4.69) is 10.6 Å². The highest BCUT2D eigenvalue weighted by molar-refractivity contribution is 5.85. The molecule has 1 saturated heterocycles. The van der Waals surface area contributed by atoms with Crippen molar-refractivity contribution in [3.05, 3.63) is 29.8 Å². The Kier molecular flexibility index (Phi) is 4.69. The number of fused-ring (bicyclic) bond motifs is 1. The van der Waals surface area contributed by atoms with Crippen LogP contribution in [-0.2, 0) is 4.79 Å². The number of benzene rings is 1. The van der Waals surface area contributed by atoms with Crippen molar-refractivity contribution >= 4 is 11.9 Å². The molecule has 2 N–H and O–H groups in total. The molecule has 3 amide bonds. The van der Waals surface area contributed by atoms with Gasteiger partial charge in [-0.2, -0.15) is 0 Å². The van der Waals surface area contributed by atoms with E-state index in [0.717, 1.165) is 17.7 Å². The second-order valence-corrected chi connectivity index (χ2v) is 6.00. The molecule has 0 radical (unpaired) electrons. The van der Waals surface area contributed by atoms with Crippen molar-refractivity contribution in [2.45, 2.75) is 31.7 Å². The lowest BCUT2D eigenvalue weighted by Crippen LogP contribution is -2.43. The van der Waals surface area contributed by atoms with Gasteiger partial charge in [-0.1, -0.05) is 18.2 Å². The Morgan fingerprint density at radius 2 is 2.13 bits per heavy atom. The predicted octanol–water partition coefficient (Wildman–Crippen LogP) is 1.47. The third kappa shape index (κ3) is 3.41. The average molecular weight is 317 g/mol. The minimum absolute atomic E-state index is 0.0279. The van der Waals surface area contributed by atoms with Crippen LogP contribution in [0.25, 0.3) is 0 Å². The highest BCUT2D eigenvalue weighted by Gasteiger charge is 2.32. The Morgan fingerprint density at radius 3 is 2.96 bits per heavy atom. The van der Waals surface area contributed by atoms with Gasteiger partial charge in [0.15, 0.2) is 0 Å². The smallest absolute Gasteiger partial charge is 0.317 e. The molecule has 1 aromatic rings. The van der Waals surface area contributed by atoms with Crippen LogP contribution in [-0.4, -0.2) is 49.1 Å². The van der Waals surface area contributed by atoms with Gasteiger partial charge in [0.25, 0.3) is 0 Å². The first-order chi connectivity index (χ1) is 11.2. The van der Waals surface area contributed by atoms with Gasteiger partial charge in [0.2, 0.25) is 5.91 Å². The molecule has 0 bridgehead atoms. The number of nitrogens with one attached hydrogen (secondary N) is 2. The molecular weight excluding hydrogens is 294 g/mol. The summed E-state index contributed by atoms with van der Waals surface area (Å²) in [6, 6.07) is 7.68. The third-order valence-corrected chi connectivity index (χ3v) is 4.42. The van der Waals surface area contributed by atoms with Crippen LogP contribution in [0.1, 0.15) is 31.2 Å². The number of likely N-dealkylation sites (tertiary alicyclic amines) is 1. The van der Waals surface area contributed by atoms with Crippen molar-refractivity contribution in [3.8, 4) is 5.75 Å². The van der Waals surface area contributed by atoms with E-state index in [4.69, 9.17) is 4.74 Å². The Morgan fingerprint density at radius 1 is 1.30 bits per heavy atom. The summed E-state index contributed by atoms with van der Waals surface area (Å²) >= 11 is 0. The summed E-state index contributed by atoms with van der Waals surface area (Å²) in [4.78, 5) is 26.2. The first-order valence-electron chi connectivity index (χ1n) is 8.24. The van der Waals surface area contributed by atoms with Crippen molar-refractivity contribution in [1.29, 1.82) is 0 Å². The summed E-state index contributed by atoms with van der Waals surface area (Å²) in [5.41, 5.74) is 0.954. The predicted molar refractivity (Wildman–Crippen MR) is 86.5 cm³/mol. The number of ether oxygens (including phenoxy) is 1. The van der Waals surface area contributed by atoms with Gasteiger partial charge in [-0.15, -0.1) is 0 Å². The van der Waals surface area contributed by atoms with Gasteiger partial charge in [-0.05, 0) is 25.8 Å². The number of nitrogens with zero attached hydrogens (tertiary/aromatic N) is 1. The van der Waals surface area contributed by atoms with E-state index in [-0.39, 0.29) is 23.9 Å². The van der Waals surface area contributed by atoms with Crippen LogP contribution in [0.3, 0.4) is 0 Å². The minimum Gasteiger partial charge on any atom is -0.493 e. The molecule has 0 saturated carbocycles. The van der Waals surface area contributed by atoms with Crippen LogP contribution in [0.2, 0.25) is 0 Å². The van der Waals surface area contributed by atoms with E-state index in [1.54, 1.807) is 4.90 Å². The van der Waals surface area contributed by atoms with Gasteiger partial charge in [0.1, 0.15) is 5.75 Å². The number of amides is 3. The van der Waals surface area contributed by atoms with Gasteiger partial charge in [-0.3, -0.25) is 4.79 Å². The number of hydrogen-bond donors (Lipinski definition) is 2. The molecular formula is C17H23N3O3. The van der Waals surface area contributed by atoms with Gasteiger partial charge in [0.05, 0.1) is 12.5 Å². The van der Waals surface area contributed by atoms with Crippen LogP contribution in [0, 0.1) is 0 Å². The number of para-hydroxylation sites is 1. The molecule has 0 spiro atoms. The largest absolute Gasteiger partial charge is 0.493 e. The molecule has 2 atom stereocenters. The molecule has 0 aliphatic carbocycles. The van der Waals surface area contributed by atoms with Crippen LogP contribution in [0.15, 0.2) is 24.3 Å². The Labute approximate surface area is 136 Å². The summed E-state index contributed by atoms with van der Waals surface area (Å²) in [6.45, 7) is 4.33. The molecule has 124 valence electrons. The fraction of sp³-hybridized carbons (Fsp3) is 0.529. The van der Waals surface area contributed by atoms with Crippen LogP contribution in [0.4, 0.5) is 4.79 Å². The molecule has 23 heavy (non-hydrogen) atoms. The van der Waals surface area contributed by atoms with Gasteiger partial charge < -0.3 is 20.3 Å². The number of urea groups is 1. The lowest BCUT2D eigenvalue weighted by Gasteiger charge is -2.26. The van der Waals surface area contributed by atoms with E-state index in [1.165, 1.54) is 0 Å². The zero-order valence-electron chi connectivity index (χ0n) is 13.4. The second kappa shape index (κ2) is 6.89. The normalized spacial score (nSPS) is 22.9. The van der Waals surface area contributed by atoms with Crippen molar-refractivity contribution in [2.24, 2.45) is 0 Å². The van der Waals surface area contributed by atoms with Gasteiger partial charge in [0, 0.05) is 31.2 Å². The van der Waals surface area contributed by atoms with Crippen LogP contribution in [0.5, 0.6) is 5.75 Å². The fourth-order valence-electron chi connectivity index (χ4n) is 3.24.